The van der Waals surface area contributed by atoms with Crippen LogP contribution in [0.1, 0.15) is 18.4 Å². The molecule has 18 heavy (non-hydrogen) atoms. The van der Waals surface area contributed by atoms with E-state index in [0.29, 0.717) is 42.1 Å². The molecule has 0 unspecified atom stereocenters. The first-order valence-corrected chi connectivity index (χ1v) is 6.07. The second kappa shape index (κ2) is 5.40. The second-order valence-corrected chi connectivity index (χ2v) is 4.63. The van der Waals surface area contributed by atoms with E-state index in [9.17, 15) is 9.18 Å². The highest BCUT2D eigenvalue weighted by molar-refractivity contribution is 6.30. The van der Waals surface area contributed by atoms with Crippen LogP contribution in [0, 0.1) is 0 Å². The van der Waals surface area contributed by atoms with Crippen LogP contribution in [-0.4, -0.2) is 29.2 Å². The van der Waals surface area contributed by atoms with Gasteiger partial charge in [-0.2, -0.15) is 0 Å². The van der Waals surface area contributed by atoms with Crippen molar-refractivity contribution in [2.24, 2.45) is 0 Å². The van der Waals surface area contributed by atoms with Gasteiger partial charge in [0.05, 0.1) is 0 Å². The fourth-order valence-electron chi connectivity index (χ4n) is 1.99. The molecule has 1 N–H and O–H groups in total. The van der Waals surface area contributed by atoms with Crippen molar-refractivity contribution >= 4 is 23.5 Å². The third-order valence-electron chi connectivity index (χ3n) is 3.05. The van der Waals surface area contributed by atoms with Crippen molar-refractivity contribution in [1.82, 2.24) is 4.90 Å². The van der Waals surface area contributed by atoms with Gasteiger partial charge in [0.2, 0.25) is 0 Å². The molecule has 0 saturated carbocycles. The molecule has 0 aliphatic carbocycles. The number of hydrogen-bond donors (Lipinski definition) is 1. The van der Waals surface area contributed by atoms with E-state index in [1.54, 1.807) is 24.3 Å². The summed E-state index contributed by atoms with van der Waals surface area (Å²) in [7, 11) is 0. The Labute approximate surface area is 109 Å². The molecule has 2 rings (SSSR count). The molecule has 1 aromatic rings. The molecular formula is C13H13ClFNO2. The highest BCUT2D eigenvalue weighted by Crippen LogP contribution is 2.28. The van der Waals surface area contributed by atoms with Crippen LogP contribution in [0.5, 0.6) is 0 Å². The van der Waals surface area contributed by atoms with E-state index in [1.165, 1.54) is 4.90 Å². The molecule has 1 amide bonds. The van der Waals surface area contributed by atoms with Crippen molar-refractivity contribution in [1.29, 1.82) is 0 Å². The number of carbonyl (C=O) groups is 1. The summed E-state index contributed by atoms with van der Waals surface area (Å²) in [5.74, 6) is -0.253. The topological polar surface area (TPSA) is 40.5 Å². The van der Waals surface area contributed by atoms with Gasteiger partial charge >= 0.3 is 6.09 Å². The van der Waals surface area contributed by atoms with E-state index in [0.717, 1.165) is 0 Å². The molecule has 1 fully saturated rings. The van der Waals surface area contributed by atoms with Gasteiger partial charge in [-0.1, -0.05) is 23.7 Å². The number of carboxylic acid groups (broad SMARTS) is 1. The van der Waals surface area contributed by atoms with Crippen molar-refractivity contribution in [3.63, 3.8) is 0 Å². The number of amides is 1. The molecule has 0 atom stereocenters. The second-order valence-electron chi connectivity index (χ2n) is 4.19. The highest BCUT2D eigenvalue weighted by atomic mass is 35.5. The Morgan fingerprint density at radius 2 is 1.78 bits per heavy atom. The SMILES string of the molecule is O=C(O)N1CCC(=C(F)c2ccc(Cl)cc2)CC1. The monoisotopic (exact) mass is 269 g/mol. The van der Waals surface area contributed by atoms with Crippen LogP contribution in [0.2, 0.25) is 5.02 Å². The molecule has 0 spiro atoms. The zero-order valence-corrected chi connectivity index (χ0v) is 10.5. The van der Waals surface area contributed by atoms with Gasteiger partial charge in [0, 0.05) is 23.7 Å². The Kier molecular flexibility index (Phi) is 3.87. The van der Waals surface area contributed by atoms with Gasteiger partial charge in [-0.05, 0) is 30.5 Å². The van der Waals surface area contributed by atoms with Gasteiger partial charge in [0.1, 0.15) is 5.83 Å². The molecular weight excluding hydrogens is 257 g/mol. The third-order valence-corrected chi connectivity index (χ3v) is 3.30. The molecule has 96 valence electrons. The Bertz CT molecular complexity index is 474. The first-order chi connectivity index (χ1) is 8.58. The molecule has 1 saturated heterocycles. The lowest BCUT2D eigenvalue weighted by atomic mass is 10.00. The fourth-order valence-corrected chi connectivity index (χ4v) is 2.11. The van der Waals surface area contributed by atoms with E-state index in [-0.39, 0.29) is 5.83 Å². The van der Waals surface area contributed by atoms with Crippen molar-refractivity contribution in [2.75, 3.05) is 13.1 Å². The van der Waals surface area contributed by atoms with Crippen LogP contribution < -0.4 is 0 Å². The lowest BCUT2D eigenvalue weighted by Gasteiger charge is -2.26. The van der Waals surface area contributed by atoms with Crippen molar-refractivity contribution < 1.29 is 14.3 Å². The summed E-state index contributed by atoms with van der Waals surface area (Å²) in [5.41, 5.74) is 1.17. The van der Waals surface area contributed by atoms with Gasteiger partial charge in [0.25, 0.3) is 0 Å². The molecule has 3 nitrogen and oxygen atoms in total. The van der Waals surface area contributed by atoms with E-state index in [4.69, 9.17) is 16.7 Å². The van der Waals surface area contributed by atoms with Gasteiger partial charge in [-0.25, -0.2) is 9.18 Å². The summed E-state index contributed by atoms with van der Waals surface area (Å²) >= 11 is 5.75. The molecule has 0 aromatic heterocycles. The minimum atomic E-state index is -0.944. The predicted octanol–water partition coefficient (Wildman–Crippen LogP) is 3.79. The molecule has 1 aliphatic heterocycles. The molecule has 0 radical (unpaired) electrons. The van der Waals surface area contributed by atoms with Gasteiger partial charge in [-0.15, -0.1) is 0 Å². The average molecular weight is 270 g/mol. The first-order valence-electron chi connectivity index (χ1n) is 5.69. The zero-order chi connectivity index (χ0) is 13.1. The maximum atomic E-state index is 14.2. The van der Waals surface area contributed by atoms with Crippen molar-refractivity contribution in [2.45, 2.75) is 12.8 Å². The van der Waals surface area contributed by atoms with Crippen molar-refractivity contribution in [3.8, 4) is 0 Å². The molecule has 1 heterocycles. The average Bonchev–Trinajstić information content (AvgIpc) is 2.39. The number of piperidine rings is 1. The van der Waals surface area contributed by atoms with E-state index in [2.05, 4.69) is 0 Å². The minimum absolute atomic E-state index is 0.253. The predicted molar refractivity (Wildman–Crippen MR) is 68.3 cm³/mol. The van der Waals surface area contributed by atoms with E-state index in [1.807, 2.05) is 0 Å². The number of benzene rings is 1. The summed E-state index contributed by atoms with van der Waals surface area (Å²) in [6.45, 7) is 0.706. The molecule has 1 aromatic carbocycles. The number of likely N-dealkylation sites (tertiary alicyclic amines) is 1. The Morgan fingerprint density at radius 1 is 1.22 bits per heavy atom. The fraction of sp³-hybridized carbons (Fsp3) is 0.308. The third kappa shape index (κ3) is 2.82. The van der Waals surface area contributed by atoms with Crippen LogP contribution in [0.4, 0.5) is 9.18 Å². The number of halogens is 2. The maximum absolute atomic E-state index is 14.2. The standard InChI is InChI=1S/C13H13ClFNO2/c14-11-3-1-9(2-4-11)12(15)10-5-7-16(8-6-10)13(17)18/h1-4H,5-8H2,(H,17,18). The van der Waals surface area contributed by atoms with E-state index < -0.39 is 6.09 Å². The van der Waals surface area contributed by atoms with Gasteiger partial charge < -0.3 is 10.0 Å². The van der Waals surface area contributed by atoms with Crippen molar-refractivity contribution in [3.05, 3.63) is 40.4 Å². The zero-order valence-electron chi connectivity index (χ0n) is 9.70. The largest absolute Gasteiger partial charge is 0.465 e. The number of nitrogens with zero attached hydrogens (tertiary/aromatic N) is 1. The maximum Gasteiger partial charge on any atom is 0.407 e. The van der Waals surface area contributed by atoms with Crippen LogP contribution in [0.3, 0.4) is 0 Å². The summed E-state index contributed by atoms with van der Waals surface area (Å²) in [5, 5.41) is 9.38. The minimum Gasteiger partial charge on any atom is -0.465 e. The van der Waals surface area contributed by atoms with Gasteiger partial charge in [-0.3, -0.25) is 0 Å². The Morgan fingerprint density at radius 3 is 2.28 bits per heavy atom. The van der Waals surface area contributed by atoms with Crippen LogP contribution >= 0.6 is 11.6 Å². The van der Waals surface area contributed by atoms with Gasteiger partial charge in [0.15, 0.2) is 0 Å². The number of rotatable bonds is 1. The molecule has 0 bridgehead atoms. The van der Waals surface area contributed by atoms with E-state index >= 15 is 0 Å². The lowest BCUT2D eigenvalue weighted by Crippen LogP contribution is -2.35. The van der Waals surface area contributed by atoms with Crippen LogP contribution in [-0.2, 0) is 0 Å². The quantitative estimate of drug-likeness (QED) is 0.842. The molecule has 1 aliphatic rings. The highest BCUT2D eigenvalue weighted by Gasteiger charge is 2.20. The summed E-state index contributed by atoms with van der Waals surface area (Å²) < 4.78 is 14.2. The Balaban J connectivity index is 2.13. The molecule has 5 heteroatoms. The summed E-state index contributed by atoms with van der Waals surface area (Å²) in [4.78, 5) is 12.0. The Hall–Kier alpha value is -1.55. The normalized spacial score (nSPS) is 15.7. The smallest absolute Gasteiger partial charge is 0.407 e. The van der Waals surface area contributed by atoms with Crippen LogP contribution in [0.15, 0.2) is 29.8 Å². The summed E-state index contributed by atoms with van der Waals surface area (Å²) in [6, 6.07) is 6.55. The lowest BCUT2D eigenvalue weighted by molar-refractivity contribution is 0.141. The van der Waals surface area contributed by atoms with Crippen LogP contribution in [0.25, 0.3) is 5.83 Å². The first kappa shape index (κ1) is 12.9. The summed E-state index contributed by atoms with van der Waals surface area (Å²) in [6.07, 6.45) is -0.0532. The number of hydrogen-bond acceptors (Lipinski definition) is 1.